The SMILES string of the molecule is NC(=O)c1nc(Cl)cnc1C(N)=NCCCCc1ccc(C[C@H](N)C(=O)Nc2ccc(CCCN(C[C@H](O)[C@@H](O)[C@H](O)[C@H](O)CO)C[C@H](O)[C@@H](O)[C@H](O)[C@H](O)CO)cc2)c2c1CCCC2. The van der Waals surface area contributed by atoms with E-state index in [0.717, 1.165) is 56.1 Å². The number of amidine groups is 1. The molecule has 1 heterocycles. The number of unbranched alkanes of at least 4 members (excludes halogenated alkanes) is 1. The number of hydrogen-bond donors (Lipinski definition) is 14. The Morgan fingerprint density at radius 3 is 1.86 bits per heavy atom. The fourth-order valence-electron chi connectivity index (χ4n) is 7.83. The molecule has 1 aliphatic rings. The molecule has 17 N–H and O–H groups in total. The van der Waals surface area contributed by atoms with Crippen molar-refractivity contribution >= 4 is 34.9 Å². The topological polar surface area (TPSA) is 368 Å². The van der Waals surface area contributed by atoms with Crippen molar-refractivity contribution < 1.29 is 60.7 Å². The normalized spacial score (nSPS) is 17.3. The number of fused-ring (bicyclic) bond motifs is 1. The van der Waals surface area contributed by atoms with E-state index in [1.54, 1.807) is 12.1 Å². The van der Waals surface area contributed by atoms with Crippen molar-refractivity contribution in [3.05, 3.63) is 87.0 Å². The van der Waals surface area contributed by atoms with Gasteiger partial charge in [0, 0.05) is 25.3 Å². The quantitative estimate of drug-likeness (QED) is 0.0213. The van der Waals surface area contributed by atoms with E-state index in [1.165, 1.54) is 27.8 Å². The summed E-state index contributed by atoms with van der Waals surface area (Å²) < 4.78 is 0. The summed E-state index contributed by atoms with van der Waals surface area (Å²) in [6.45, 7) is -1.89. The van der Waals surface area contributed by atoms with Gasteiger partial charge in [-0.2, -0.15) is 0 Å². The van der Waals surface area contributed by atoms with Crippen LogP contribution in [0.2, 0.25) is 5.15 Å². The number of carbonyl (C=O) groups excluding carboxylic acids is 2. The maximum Gasteiger partial charge on any atom is 0.269 e. The van der Waals surface area contributed by atoms with Crippen LogP contribution in [0.4, 0.5) is 5.69 Å². The number of aliphatic imine (C=N–C) groups is 1. The second-order valence-electron chi connectivity index (χ2n) is 16.5. The van der Waals surface area contributed by atoms with Crippen molar-refractivity contribution in [2.45, 2.75) is 119 Å². The lowest BCUT2D eigenvalue weighted by atomic mass is 9.82. The fraction of sp³-hybridized carbons (Fsp3) is 0.568. The number of halogens is 1. The number of benzene rings is 2. The zero-order valence-electron chi connectivity index (χ0n) is 36.2. The summed E-state index contributed by atoms with van der Waals surface area (Å²) in [6.07, 6.45) is -5.44. The Hall–Kier alpha value is -4.26. The highest BCUT2D eigenvalue weighted by Crippen LogP contribution is 2.30. The maximum atomic E-state index is 13.3. The Balaban J connectivity index is 1.30. The highest BCUT2D eigenvalue weighted by molar-refractivity contribution is 6.29. The van der Waals surface area contributed by atoms with Crippen LogP contribution in [0.3, 0.4) is 0 Å². The second-order valence-corrected chi connectivity index (χ2v) is 16.9. The Labute approximate surface area is 382 Å². The molecule has 21 heteroatoms. The first-order valence-corrected chi connectivity index (χ1v) is 22.1. The van der Waals surface area contributed by atoms with Gasteiger partial charge in [0.25, 0.3) is 5.91 Å². The third-order valence-electron chi connectivity index (χ3n) is 11.6. The van der Waals surface area contributed by atoms with E-state index in [4.69, 9.17) is 39.0 Å². The second kappa shape index (κ2) is 26.2. The zero-order valence-corrected chi connectivity index (χ0v) is 37.0. The van der Waals surface area contributed by atoms with Gasteiger partial charge in [0.2, 0.25) is 5.91 Å². The lowest BCUT2D eigenvalue weighted by molar-refractivity contribution is -0.130. The number of amides is 2. The molecule has 20 nitrogen and oxygen atoms in total. The van der Waals surface area contributed by atoms with Crippen molar-refractivity contribution in [1.29, 1.82) is 0 Å². The van der Waals surface area contributed by atoms with Crippen molar-refractivity contribution in [1.82, 2.24) is 14.9 Å². The van der Waals surface area contributed by atoms with Gasteiger partial charge in [0.15, 0.2) is 5.69 Å². The smallest absolute Gasteiger partial charge is 0.269 e. The summed E-state index contributed by atoms with van der Waals surface area (Å²) in [6, 6.07) is 10.5. The first-order chi connectivity index (χ1) is 30.9. The Morgan fingerprint density at radius 2 is 1.29 bits per heavy atom. The summed E-state index contributed by atoms with van der Waals surface area (Å²) in [5.74, 6) is -1.09. The average Bonchev–Trinajstić information content (AvgIpc) is 3.30. The average molecular weight is 934 g/mol. The number of carbonyl (C=O) groups is 2. The Bertz CT molecular complexity index is 1990. The number of hydrogen-bond acceptors (Lipinski definition) is 17. The third-order valence-corrected chi connectivity index (χ3v) is 11.7. The Kier molecular flexibility index (Phi) is 21.5. The number of rotatable bonds is 27. The number of aromatic nitrogens is 2. The van der Waals surface area contributed by atoms with Gasteiger partial charge in [0.05, 0.1) is 37.7 Å². The molecule has 2 aromatic carbocycles. The molecule has 4 rings (SSSR count). The number of nitrogens with zero attached hydrogens (tertiary/aromatic N) is 4. The van der Waals surface area contributed by atoms with Crippen LogP contribution in [0.15, 0.2) is 47.6 Å². The van der Waals surface area contributed by atoms with Gasteiger partial charge < -0.3 is 73.6 Å². The van der Waals surface area contributed by atoms with Crippen LogP contribution < -0.4 is 22.5 Å². The molecule has 0 aliphatic heterocycles. The summed E-state index contributed by atoms with van der Waals surface area (Å²) in [5, 5.41) is 103. The maximum absolute atomic E-state index is 13.3. The van der Waals surface area contributed by atoms with Gasteiger partial charge in [-0.1, -0.05) is 35.9 Å². The molecule has 0 radical (unpaired) electrons. The minimum Gasteiger partial charge on any atom is -0.394 e. The summed E-state index contributed by atoms with van der Waals surface area (Å²) in [4.78, 5) is 38.9. The molecular weight excluding hydrogens is 868 g/mol. The molecule has 1 aromatic heterocycles. The zero-order chi connectivity index (χ0) is 47.8. The Morgan fingerprint density at radius 1 is 0.738 bits per heavy atom. The van der Waals surface area contributed by atoms with Crippen LogP contribution in [-0.2, 0) is 36.9 Å². The number of aliphatic hydroxyl groups is 10. The van der Waals surface area contributed by atoms with Gasteiger partial charge in [-0.3, -0.25) is 19.5 Å². The van der Waals surface area contributed by atoms with Gasteiger partial charge in [0.1, 0.15) is 53.3 Å². The van der Waals surface area contributed by atoms with E-state index in [-0.39, 0.29) is 47.9 Å². The van der Waals surface area contributed by atoms with Crippen LogP contribution >= 0.6 is 11.6 Å². The van der Waals surface area contributed by atoms with E-state index in [0.29, 0.717) is 31.5 Å². The first kappa shape index (κ1) is 53.4. The largest absolute Gasteiger partial charge is 0.394 e. The summed E-state index contributed by atoms with van der Waals surface area (Å²) >= 11 is 5.84. The minimum absolute atomic E-state index is 0.0217. The monoisotopic (exact) mass is 932 g/mol. The highest BCUT2D eigenvalue weighted by atomic mass is 35.5. The molecule has 0 spiro atoms. The van der Waals surface area contributed by atoms with E-state index >= 15 is 0 Å². The van der Waals surface area contributed by atoms with Gasteiger partial charge >= 0.3 is 0 Å². The molecule has 65 heavy (non-hydrogen) atoms. The molecule has 1 aliphatic carbocycles. The molecule has 0 unspecified atom stereocenters. The lowest BCUT2D eigenvalue weighted by Gasteiger charge is -2.33. The first-order valence-electron chi connectivity index (χ1n) is 21.7. The molecule has 0 bridgehead atoms. The van der Waals surface area contributed by atoms with Crippen LogP contribution in [-0.4, -0.2) is 178 Å². The fourth-order valence-corrected chi connectivity index (χ4v) is 7.96. The van der Waals surface area contributed by atoms with Gasteiger partial charge in [-0.15, -0.1) is 0 Å². The van der Waals surface area contributed by atoms with E-state index in [9.17, 15) is 50.4 Å². The lowest BCUT2D eigenvalue weighted by Crippen LogP contribution is -2.53. The van der Waals surface area contributed by atoms with Crippen molar-refractivity contribution in [3.63, 3.8) is 0 Å². The molecule has 3 aromatic rings. The number of primary amides is 1. The number of anilines is 1. The summed E-state index contributed by atoms with van der Waals surface area (Å²) in [7, 11) is 0. The van der Waals surface area contributed by atoms with Crippen LogP contribution in [0.25, 0.3) is 0 Å². The standard InChI is InChI=1S/C44H65ClN8O12/c45-35-19-50-36(37(52-35)43(48)64)42(47)49-16-4-3-7-25-12-13-26(29-9-2-1-8-28(25)29)18-30(46)44(65)51-27-14-10-24(11-15-27)6-5-17-53(20-31(56)38(60)40(62)33(58)22-54)21-32(57)39(61)41(63)34(59)23-55/h10-15,19,30-34,38-41,54-63H,1-9,16-18,20-23,46H2,(H2,47,49)(H2,48,64)(H,51,65)/t30-,31-,32-,33+,34+,38+,39+,40+,41+/m0/s1. The van der Waals surface area contributed by atoms with Crippen molar-refractivity contribution in [2.24, 2.45) is 22.2 Å². The van der Waals surface area contributed by atoms with Crippen LogP contribution in [0.5, 0.6) is 0 Å². The molecule has 0 saturated carbocycles. The number of nitrogens with one attached hydrogen (secondary N) is 1. The van der Waals surface area contributed by atoms with Gasteiger partial charge in [-0.05, 0) is 111 Å². The van der Waals surface area contributed by atoms with E-state index in [2.05, 4.69) is 32.4 Å². The predicted octanol–water partition coefficient (Wildman–Crippen LogP) is -2.55. The van der Waals surface area contributed by atoms with Crippen molar-refractivity contribution in [2.75, 3.05) is 44.7 Å². The molecule has 360 valence electrons. The molecule has 0 fully saturated rings. The number of nitrogens with two attached hydrogens (primary N) is 3. The third kappa shape index (κ3) is 15.7. The summed E-state index contributed by atoms with van der Waals surface area (Å²) in [5.41, 5.74) is 24.2. The van der Waals surface area contributed by atoms with Crippen LogP contribution in [0, 0.1) is 0 Å². The van der Waals surface area contributed by atoms with Crippen LogP contribution in [0.1, 0.15) is 76.1 Å². The van der Waals surface area contributed by atoms with Crippen molar-refractivity contribution in [3.8, 4) is 0 Å². The number of aliphatic hydroxyl groups excluding tert-OH is 10. The number of aryl methyl sites for hydroxylation is 2. The molecule has 9 atom stereocenters. The highest BCUT2D eigenvalue weighted by Gasteiger charge is 2.34. The molecule has 0 saturated heterocycles. The minimum atomic E-state index is -1.89. The molecule has 2 amide bonds. The van der Waals surface area contributed by atoms with E-state index < -0.39 is 74.0 Å². The predicted molar refractivity (Wildman–Crippen MR) is 241 cm³/mol. The molecular formula is C44H65ClN8O12. The van der Waals surface area contributed by atoms with E-state index in [1.807, 2.05) is 12.1 Å². The van der Waals surface area contributed by atoms with Gasteiger partial charge in [-0.25, -0.2) is 9.97 Å².